The van der Waals surface area contributed by atoms with Gasteiger partial charge in [0.1, 0.15) is 11.7 Å². The molecule has 0 saturated carbocycles. The van der Waals surface area contributed by atoms with Crippen LogP contribution < -0.4 is 0 Å². The van der Waals surface area contributed by atoms with Gasteiger partial charge < -0.3 is 9.47 Å². The van der Waals surface area contributed by atoms with Gasteiger partial charge in [-0.1, -0.05) is 0 Å². The van der Waals surface area contributed by atoms with Crippen molar-refractivity contribution in [3.8, 4) is 0 Å². The van der Waals surface area contributed by atoms with Crippen LogP contribution in [0.2, 0.25) is 0 Å². The smallest absolute Gasteiger partial charge is 0.117 e. The minimum atomic E-state index is 0.108. The number of hydrogen-bond donors (Lipinski definition) is 0. The molecule has 3 unspecified atom stereocenters. The molecule has 2 aliphatic rings. The van der Waals surface area contributed by atoms with Crippen LogP contribution in [0.5, 0.6) is 0 Å². The molecule has 2 fully saturated rings. The lowest BCUT2D eigenvalue weighted by molar-refractivity contribution is 0.249. The molecule has 0 aromatic heterocycles. The van der Waals surface area contributed by atoms with Crippen molar-refractivity contribution in [1.29, 1.82) is 0 Å². The molecule has 0 aromatic rings. The molecular formula is C6H12O2Si. The zero-order chi connectivity index (χ0) is 6.70. The van der Waals surface area contributed by atoms with Crippen LogP contribution >= 0.6 is 0 Å². The molecule has 9 heavy (non-hydrogen) atoms. The topological polar surface area (TPSA) is 25.1 Å². The van der Waals surface area contributed by atoms with E-state index >= 15 is 0 Å². The summed E-state index contributed by atoms with van der Waals surface area (Å²) in [5, 5.41) is 0.227. The molecule has 0 spiro atoms. The molecule has 0 aromatic carbocycles. The predicted molar refractivity (Wildman–Crippen MR) is 37.6 cm³/mol. The highest BCUT2D eigenvalue weighted by Gasteiger charge is 2.64. The van der Waals surface area contributed by atoms with Gasteiger partial charge in [0.2, 0.25) is 0 Å². The third-order valence-corrected chi connectivity index (χ3v) is 2.91. The van der Waals surface area contributed by atoms with Gasteiger partial charge in [-0.3, -0.25) is 0 Å². The maximum atomic E-state index is 5.47. The zero-order valence-corrected chi connectivity index (χ0v) is 8.10. The number of epoxide rings is 2. The third-order valence-electron chi connectivity index (χ3n) is 2.15. The first kappa shape index (κ1) is 5.89. The van der Waals surface area contributed by atoms with E-state index in [1.54, 1.807) is 0 Å². The minimum absolute atomic E-state index is 0.108. The van der Waals surface area contributed by atoms with Gasteiger partial charge in [0, 0.05) is 10.2 Å². The highest BCUT2D eigenvalue weighted by atomic mass is 28.1. The molecule has 3 atom stereocenters. The first-order valence-electron chi connectivity index (χ1n) is 3.36. The van der Waals surface area contributed by atoms with E-state index < -0.39 is 0 Å². The second-order valence-electron chi connectivity index (χ2n) is 3.70. The van der Waals surface area contributed by atoms with Crippen molar-refractivity contribution in [2.75, 3.05) is 6.61 Å². The minimum Gasteiger partial charge on any atom is -0.368 e. The normalized spacial score (nSPS) is 64.0. The van der Waals surface area contributed by atoms with Gasteiger partial charge in [-0.05, 0) is 13.8 Å². The van der Waals surface area contributed by atoms with E-state index in [0.29, 0.717) is 6.10 Å². The fraction of sp³-hybridized carbons (Fsp3) is 1.00. The van der Waals surface area contributed by atoms with Gasteiger partial charge in [-0.15, -0.1) is 0 Å². The van der Waals surface area contributed by atoms with Gasteiger partial charge in [-0.2, -0.15) is 0 Å². The van der Waals surface area contributed by atoms with Crippen molar-refractivity contribution >= 4 is 10.2 Å². The summed E-state index contributed by atoms with van der Waals surface area (Å²) in [5.74, 6) is 0. The van der Waals surface area contributed by atoms with Crippen molar-refractivity contribution in [2.45, 2.75) is 30.8 Å². The monoisotopic (exact) mass is 144 g/mol. The van der Waals surface area contributed by atoms with Crippen molar-refractivity contribution in [3.05, 3.63) is 0 Å². The van der Waals surface area contributed by atoms with Crippen LogP contribution in [0, 0.1) is 0 Å². The highest BCUT2D eigenvalue weighted by molar-refractivity contribution is 6.16. The average Bonchev–Trinajstić information content (AvgIpc) is 2.51. The SMILES string of the molecule is CC1([SiH3])OC1C1(C)CO1. The van der Waals surface area contributed by atoms with Crippen LogP contribution in [0.4, 0.5) is 0 Å². The first-order chi connectivity index (χ1) is 4.05. The van der Waals surface area contributed by atoms with Gasteiger partial charge >= 0.3 is 0 Å². The van der Waals surface area contributed by atoms with Gasteiger partial charge in [0.15, 0.2) is 0 Å². The van der Waals surface area contributed by atoms with E-state index in [1.807, 2.05) is 0 Å². The largest absolute Gasteiger partial charge is 0.368 e. The highest BCUT2D eigenvalue weighted by Crippen LogP contribution is 2.48. The Hall–Kier alpha value is 0.137. The number of ether oxygens (including phenoxy) is 2. The Kier molecular flexibility index (Phi) is 0.824. The van der Waals surface area contributed by atoms with Crippen LogP contribution in [-0.4, -0.2) is 33.8 Å². The molecule has 2 rings (SSSR count). The molecule has 0 radical (unpaired) electrons. The summed E-state index contributed by atoms with van der Waals surface area (Å²) in [4.78, 5) is 0. The fourth-order valence-electron chi connectivity index (χ4n) is 1.39. The lowest BCUT2D eigenvalue weighted by atomic mass is 10.1. The van der Waals surface area contributed by atoms with E-state index in [1.165, 1.54) is 0 Å². The summed E-state index contributed by atoms with van der Waals surface area (Å²) in [6.45, 7) is 5.19. The summed E-state index contributed by atoms with van der Waals surface area (Å²) in [6, 6.07) is 0. The molecule has 0 aliphatic carbocycles. The molecule has 3 heteroatoms. The Morgan fingerprint density at radius 1 is 1.56 bits per heavy atom. The van der Waals surface area contributed by atoms with Crippen LogP contribution in [0.15, 0.2) is 0 Å². The third kappa shape index (κ3) is 0.756. The van der Waals surface area contributed by atoms with Crippen LogP contribution in [0.25, 0.3) is 0 Å². The van der Waals surface area contributed by atoms with E-state index in [4.69, 9.17) is 9.47 Å². The maximum absolute atomic E-state index is 5.47. The Morgan fingerprint density at radius 2 is 2.00 bits per heavy atom. The van der Waals surface area contributed by atoms with E-state index in [2.05, 4.69) is 13.8 Å². The molecule has 2 aliphatic heterocycles. The van der Waals surface area contributed by atoms with E-state index in [-0.39, 0.29) is 10.8 Å². The summed E-state index contributed by atoms with van der Waals surface area (Å²) < 4.78 is 10.7. The maximum Gasteiger partial charge on any atom is 0.117 e. The quantitative estimate of drug-likeness (QED) is 0.357. The fourth-order valence-corrected chi connectivity index (χ4v) is 2.24. The summed E-state index contributed by atoms with van der Waals surface area (Å²) in [7, 11) is 1.12. The molecule has 0 N–H and O–H groups in total. The first-order valence-corrected chi connectivity index (χ1v) is 4.36. The van der Waals surface area contributed by atoms with Crippen LogP contribution in [-0.2, 0) is 9.47 Å². The summed E-state index contributed by atoms with van der Waals surface area (Å²) >= 11 is 0. The van der Waals surface area contributed by atoms with E-state index in [0.717, 1.165) is 16.8 Å². The van der Waals surface area contributed by atoms with Crippen LogP contribution in [0.3, 0.4) is 0 Å². The summed E-state index contributed by atoms with van der Waals surface area (Å²) in [6.07, 6.45) is 0.414. The lowest BCUT2D eigenvalue weighted by Gasteiger charge is -1.98. The Morgan fingerprint density at radius 3 is 2.11 bits per heavy atom. The molecule has 0 bridgehead atoms. The molecule has 0 amide bonds. The Labute approximate surface area is 58.0 Å². The average molecular weight is 144 g/mol. The van der Waals surface area contributed by atoms with Crippen molar-refractivity contribution in [3.63, 3.8) is 0 Å². The van der Waals surface area contributed by atoms with Gasteiger partial charge in [0.25, 0.3) is 0 Å². The second-order valence-corrected chi connectivity index (χ2v) is 5.69. The van der Waals surface area contributed by atoms with Crippen molar-refractivity contribution < 1.29 is 9.47 Å². The second kappa shape index (κ2) is 1.26. The Bertz CT molecular complexity index is 151. The molecule has 2 saturated heterocycles. The van der Waals surface area contributed by atoms with Gasteiger partial charge in [0.05, 0.1) is 11.8 Å². The van der Waals surface area contributed by atoms with Crippen LogP contribution in [0.1, 0.15) is 13.8 Å². The molecule has 2 heterocycles. The van der Waals surface area contributed by atoms with E-state index in [9.17, 15) is 0 Å². The molecule has 52 valence electrons. The van der Waals surface area contributed by atoms with Crippen molar-refractivity contribution in [2.24, 2.45) is 0 Å². The molecule has 2 nitrogen and oxygen atoms in total. The number of rotatable bonds is 1. The standard InChI is InChI=1S/C6H12O2Si/c1-5(3-7-5)4-6(2,9)8-4/h4H,3H2,1-2,9H3. The number of hydrogen-bond acceptors (Lipinski definition) is 2. The predicted octanol–water partition coefficient (Wildman–Crippen LogP) is -0.744. The lowest BCUT2D eigenvalue weighted by Crippen LogP contribution is -2.22. The molecular weight excluding hydrogens is 132 g/mol. The Balaban J connectivity index is 2.05. The van der Waals surface area contributed by atoms with Gasteiger partial charge in [-0.25, -0.2) is 0 Å². The van der Waals surface area contributed by atoms with Crippen molar-refractivity contribution in [1.82, 2.24) is 0 Å². The zero-order valence-electron chi connectivity index (χ0n) is 6.10. The summed E-state index contributed by atoms with van der Waals surface area (Å²) in [5.41, 5.74) is 0.108.